The van der Waals surface area contributed by atoms with Crippen LogP contribution in [0.25, 0.3) is 0 Å². The van der Waals surface area contributed by atoms with E-state index in [0.29, 0.717) is 25.8 Å². The minimum Gasteiger partial charge on any atom is -0.378 e. The molecule has 1 N–H and O–H groups in total. The van der Waals surface area contributed by atoms with E-state index in [1.165, 1.54) is 19.3 Å². The first kappa shape index (κ1) is 16.6. The molecule has 0 aromatic rings. The highest BCUT2D eigenvalue weighted by Crippen LogP contribution is 2.21. The summed E-state index contributed by atoms with van der Waals surface area (Å²) in [6.07, 6.45) is 7.02. The van der Waals surface area contributed by atoms with Gasteiger partial charge in [-0.1, -0.05) is 6.92 Å². The SMILES string of the molecule is CC[C@@]1(C)CN(C(=O)NCCC[C@H]2CCCCO2)CCO1. The maximum atomic E-state index is 12.2. The van der Waals surface area contributed by atoms with Crippen LogP contribution in [0, 0.1) is 0 Å². The largest absolute Gasteiger partial charge is 0.378 e. The number of hydrogen-bond donors (Lipinski definition) is 1. The van der Waals surface area contributed by atoms with E-state index in [4.69, 9.17) is 9.47 Å². The first-order valence-corrected chi connectivity index (χ1v) is 8.41. The third-order valence-corrected chi connectivity index (χ3v) is 4.63. The van der Waals surface area contributed by atoms with Gasteiger partial charge in [0, 0.05) is 19.7 Å². The first-order chi connectivity index (χ1) is 10.1. The Hall–Kier alpha value is -0.810. The van der Waals surface area contributed by atoms with Gasteiger partial charge in [-0.15, -0.1) is 0 Å². The standard InChI is InChI=1S/C16H30N2O3/c1-3-16(2)13-18(10-12-21-16)15(19)17-9-6-8-14-7-4-5-11-20-14/h14H,3-13H2,1-2H3,(H,17,19)/t14-,16+/m1/s1. The molecule has 0 aliphatic carbocycles. The summed E-state index contributed by atoms with van der Waals surface area (Å²) < 4.78 is 11.5. The molecular weight excluding hydrogens is 268 g/mol. The van der Waals surface area contributed by atoms with Crippen LogP contribution < -0.4 is 5.32 Å². The molecule has 2 saturated heterocycles. The van der Waals surface area contributed by atoms with Gasteiger partial charge in [-0.2, -0.15) is 0 Å². The van der Waals surface area contributed by atoms with Crippen molar-refractivity contribution in [3.8, 4) is 0 Å². The molecule has 0 radical (unpaired) electrons. The molecule has 122 valence electrons. The molecule has 5 nitrogen and oxygen atoms in total. The third-order valence-electron chi connectivity index (χ3n) is 4.63. The predicted octanol–water partition coefficient (Wildman–Crippen LogP) is 2.55. The van der Waals surface area contributed by atoms with E-state index in [1.54, 1.807) is 0 Å². The van der Waals surface area contributed by atoms with Crippen LogP contribution in [-0.2, 0) is 9.47 Å². The maximum Gasteiger partial charge on any atom is 0.317 e. The second-order valence-electron chi connectivity index (χ2n) is 6.44. The molecule has 2 heterocycles. The van der Waals surface area contributed by atoms with Crippen molar-refractivity contribution in [2.45, 2.75) is 64.1 Å². The monoisotopic (exact) mass is 298 g/mol. The molecule has 2 rings (SSSR count). The van der Waals surface area contributed by atoms with Crippen molar-refractivity contribution in [1.82, 2.24) is 10.2 Å². The molecule has 2 atom stereocenters. The van der Waals surface area contributed by atoms with Crippen molar-refractivity contribution in [2.75, 3.05) is 32.8 Å². The van der Waals surface area contributed by atoms with Gasteiger partial charge in [-0.05, 0) is 45.4 Å². The van der Waals surface area contributed by atoms with E-state index >= 15 is 0 Å². The van der Waals surface area contributed by atoms with Crippen molar-refractivity contribution in [3.63, 3.8) is 0 Å². The normalized spacial score (nSPS) is 30.2. The number of carbonyl (C=O) groups is 1. The molecule has 2 fully saturated rings. The summed E-state index contributed by atoms with van der Waals surface area (Å²) >= 11 is 0. The van der Waals surface area contributed by atoms with E-state index < -0.39 is 0 Å². The van der Waals surface area contributed by atoms with Crippen LogP contribution in [-0.4, -0.2) is 55.5 Å². The molecular formula is C16H30N2O3. The first-order valence-electron chi connectivity index (χ1n) is 8.41. The highest BCUT2D eigenvalue weighted by Gasteiger charge is 2.32. The number of hydrogen-bond acceptors (Lipinski definition) is 3. The summed E-state index contributed by atoms with van der Waals surface area (Å²) in [5.41, 5.74) is -0.189. The summed E-state index contributed by atoms with van der Waals surface area (Å²) in [5.74, 6) is 0. The summed E-state index contributed by atoms with van der Waals surface area (Å²) in [6.45, 7) is 7.82. The zero-order valence-corrected chi connectivity index (χ0v) is 13.5. The number of amides is 2. The Kier molecular flexibility index (Phi) is 6.30. The van der Waals surface area contributed by atoms with Crippen LogP contribution in [0.4, 0.5) is 4.79 Å². The lowest BCUT2D eigenvalue weighted by Crippen LogP contribution is -2.54. The van der Waals surface area contributed by atoms with Gasteiger partial charge in [0.25, 0.3) is 0 Å². The fourth-order valence-electron chi connectivity index (χ4n) is 2.99. The van der Waals surface area contributed by atoms with E-state index in [-0.39, 0.29) is 11.6 Å². The van der Waals surface area contributed by atoms with E-state index in [1.807, 2.05) is 4.90 Å². The summed E-state index contributed by atoms with van der Waals surface area (Å²) in [4.78, 5) is 14.1. The van der Waals surface area contributed by atoms with Crippen molar-refractivity contribution in [2.24, 2.45) is 0 Å². The molecule has 21 heavy (non-hydrogen) atoms. The van der Waals surface area contributed by atoms with Gasteiger partial charge in [0.15, 0.2) is 0 Å². The molecule has 0 aromatic heterocycles. The average molecular weight is 298 g/mol. The minimum absolute atomic E-state index is 0.0440. The highest BCUT2D eigenvalue weighted by atomic mass is 16.5. The molecule has 0 saturated carbocycles. The highest BCUT2D eigenvalue weighted by molar-refractivity contribution is 5.74. The number of nitrogens with zero attached hydrogens (tertiary/aromatic N) is 1. The van der Waals surface area contributed by atoms with Crippen molar-refractivity contribution >= 4 is 6.03 Å². The quantitative estimate of drug-likeness (QED) is 0.794. The number of rotatable bonds is 5. The molecule has 2 aliphatic heterocycles. The van der Waals surface area contributed by atoms with Gasteiger partial charge in [0.05, 0.1) is 24.9 Å². The van der Waals surface area contributed by atoms with Gasteiger partial charge in [0.2, 0.25) is 0 Å². The zero-order valence-electron chi connectivity index (χ0n) is 13.5. The second kappa shape index (κ2) is 7.99. The van der Waals surface area contributed by atoms with Crippen LogP contribution in [0.1, 0.15) is 52.4 Å². The lowest BCUT2D eigenvalue weighted by atomic mass is 10.0. The van der Waals surface area contributed by atoms with Crippen LogP contribution in [0.5, 0.6) is 0 Å². The molecule has 0 aromatic carbocycles. The van der Waals surface area contributed by atoms with E-state index in [2.05, 4.69) is 19.2 Å². The number of urea groups is 1. The maximum absolute atomic E-state index is 12.2. The predicted molar refractivity (Wildman–Crippen MR) is 82.4 cm³/mol. The second-order valence-corrected chi connectivity index (χ2v) is 6.44. The van der Waals surface area contributed by atoms with Gasteiger partial charge in [-0.25, -0.2) is 4.79 Å². The summed E-state index contributed by atoms with van der Waals surface area (Å²) in [7, 11) is 0. The van der Waals surface area contributed by atoms with Gasteiger partial charge < -0.3 is 19.7 Å². The Balaban J connectivity index is 1.62. The topological polar surface area (TPSA) is 50.8 Å². The minimum atomic E-state index is -0.189. The van der Waals surface area contributed by atoms with Gasteiger partial charge >= 0.3 is 6.03 Å². The van der Waals surface area contributed by atoms with Crippen LogP contribution >= 0.6 is 0 Å². The fourth-order valence-corrected chi connectivity index (χ4v) is 2.99. The van der Waals surface area contributed by atoms with Gasteiger partial charge in [0.1, 0.15) is 0 Å². The Morgan fingerprint density at radius 1 is 1.38 bits per heavy atom. The van der Waals surface area contributed by atoms with E-state index in [0.717, 1.165) is 32.4 Å². The summed E-state index contributed by atoms with van der Waals surface area (Å²) in [6, 6.07) is 0.0440. The number of nitrogens with one attached hydrogen (secondary N) is 1. The molecule has 5 heteroatoms. The fraction of sp³-hybridized carbons (Fsp3) is 0.938. The Morgan fingerprint density at radius 2 is 2.24 bits per heavy atom. The molecule has 2 aliphatic rings. The molecule has 2 amide bonds. The zero-order chi connectivity index (χ0) is 15.1. The Bertz CT molecular complexity index is 331. The van der Waals surface area contributed by atoms with Gasteiger partial charge in [-0.3, -0.25) is 0 Å². The molecule has 0 unspecified atom stereocenters. The Morgan fingerprint density at radius 3 is 2.95 bits per heavy atom. The lowest BCUT2D eigenvalue weighted by molar-refractivity contribution is -0.0872. The Labute approximate surface area is 128 Å². The number of morpholine rings is 1. The van der Waals surface area contributed by atoms with Crippen molar-refractivity contribution in [1.29, 1.82) is 0 Å². The third kappa shape index (κ3) is 5.15. The number of ether oxygens (including phenoxy) is 2. The van der Waals surface area contributed by atoms with Crippen LogP contribution in [0.2, 0.25) is 0 Å². The lowest BCUT2D eigenvalue weighted by Gasteiger charge is -2.39. The molecule has 0 bridgehead atoms. The number of carbonyl (C=O) groups excluding carboxylic acids is 1. The van der Waals surface area contributed by atoms with Crippen LogP contribution in [0.3, 0.4) is 0 Å². The summed E-state index contributed by atoms with van der Waals surface area (Å²) in [5, 5.41) is 3.03. The molecule has 0 spiro atoms. The van der Waals surface area contributed by atoms with Crippen molar-refractivity contribution in [3.05, 3.63) is 0 Å². The smallest absolute Gasteiger partial charge is 0.317 e. The van der Waals surface area contributed by atoms with Crippen molar-refractivity contribution < 1.29 is 14.3 Å². The van der Waals surface area contributed by atoms with E-state index in [9.17, 15) is 4.79 Å². The average Bonchev–Trinajstić information content (AvgIpc) is 2.52. The van der Waals surface area contributed by atoms with Crippen LogP contribution in [0.15, 0.2) is 0 Å².